The summed E-state index contributed by atoms with van der Waals surface area (Å²) in [4.78, 5) is 23.6. The van der Waals surface area contributed by atoms with Crippen LogP contribution in [0.5, 0.6) is 17.2 Å². The number of benzene rings is 3. The van der Waals surface area contributed by atoms with E-state index in [9.17, 15) is 10.1 Å². The van der Waals surface area contributed by atoms with E-state index >= 15 is 8.78 Å². The summed E-state index contributed by atoms with van der Waals surface area (Å²) in [6.45, 7) is 5.58. The second-order valence-corrected chi connectivity index (χ2v) is 11.3. The van der Waals surface area contributed by atoms with Crippen LogP contribution < -0.4 is 9.47 Å². The highest BCUT2D eigenvalue weighted by Crippen LogP contribution is 2.41. The summed E-state index contributed by atoms with van der Waals surface area (Å²) >= 11 is 1.35. The number of nitrogens with one attached hydrogen (secondary N) is 2. The standard InChI is InChI=1S/C33H30F2N4O3S/c1-5-19(2)32(40)42-21-8-6-7-20(15-21)33(3,12-13-36)28-18-38-31(39-28)24-16-22(9-10-25(24)34)41-29-26(35)17-27-23(11-14-37-27)30(29)43-4/h6-11,14-19,37H,5,12H2,1-4H3,(H,38,39). The number of hydrogen-bond donors (Lipinski definition) is 2. The van der Waals surface area contributed by atoms with Crippen molar-refractivity contribution in [3.8, 4) is 34.7 Å². The Labute approximate surface area is 252 Å². The van der Waals surface area contributed by atoms with Gasteiger partial charge >= 0.3 is 5.97 Å². The van der Waals surface area contributed by atoms with Gasteiger partial charge in [-0.3, -0.25) is 4.79 Å². The van der Waals surface area contributed by atoms with Gasteiger partial charge in [-0.25, -0.2) is 13.8 Å². The molecule has 2 unspecified atom stereocenters. The van der Waals surface area contributed by atoms with E-state index in [0.29, 0.717) is 28.3 Å². The van der Waals surface area contributed by atoms with Gasteiger partial charge in [-0.05, 0) is 61.6 Å². The summed E-state index contributed by atoms with van der Waals surface area (Å²) in [6.07, 6.45) is 5.84. The van der Waals surface area contributed by atoms with Gasteiger partial charge in [0.1, 0.15) is 23.1 Å². The largest absolute Gasteiger partial charge is 0.453 e. The van der Waals surface area contributed by atoms with Crippen LogP contribution in [0.1, 0.15) is 44.9 Å². The molecule has 7 nitrogen and oxygen atoms in total. The van der Waals surface area contributed by atoms with Crippen molar-refractivity contribution in [2.45, 2.75) is 43.9 Å². The molecule has 0 amide bonds. The Balaban J connectivity index is 1.48. The number of hydrogen-bond acceptors (Lipinski definition) is 6. The van der Waals surface area contributed by atoms with Crippen LogP contribution in [0.25, 0.3) is 22.3 Å². The number of aromatic nitrogens is 3. The van der Waals surface area contributed by atoms with Gasteiger partial charge in [0.2, 0.25) is 0 Å². The number of nitrogens with zero attached hydrogens (tertiary/aromatic N) is 2. The molecule has 220 valence electrons. The Morgan fingerprint density at radius 1 is 1.14 bits per heavy atom. The molecule has 0 aliphatic rings. The highest BCUT2D eigenvalue weighted by Gasteiger charge is 2.32. The maximum absolute atomic E-state index is 15.1. The molecule has 5 rings (SSSR count). The summed E-state index contributed by atoms with van der Waals surface area (Å²) in [5.74, 6) is -0.817. The molecule has 0 spiro atoms. The molecule has 0 saturated carbocycles. The average molecular weight is 601 g/mol. The predicted molar refractivity (Wildman–Crippen MR) is 162 cm³/mol. The molecule has 2 aromatic heterocycles. The van der Waals surface area contributed by atoms with E-state index in [0.717, 1.165) is 10.9 Å². The lowest BCUT2D eigenvalue weighted by Gasteiger charge is -2.26. The van der Waals surface area contributed by atoms with Crippen LogP contribution in [0.3, 0.4) is 0 Å². The van der Waals surface area contributed by atoms with Gasteiger partial charge in [0, 0.05) is 40.5 Å². The van der Waals surface area contributed by atoms with Crippen molar-refractivity contribution in [2.75, 3.05) is 6.26 Å². The fourth-order valence-electron chi connectivity index (χ4n) is 4.82. The average Bonchev–Trinajstić information content (AvgIpc) is 3.69. The zero-order valence-electron chi connectivity index (χ0n) is 24.1. The second kappa shape index (κ2) is 12.3. The number of carbonyl (C=O) groups is 1. The molecule has 10 heteroatoms. The number of fused-ring (bicyclic) bond motifs is 1. The van der Waals surface area contributed by atoms with E-state index in [1.807, 2.05) is 32.2 Å². The van der Waals surface area contributed by atoms with E-state index in [1.165, 1.54) is 36.0 Å². The summed E-state index contributed by atoms with van der Waals surface area (Å²) in [6, 6.07) is 16.6. The van der Waals surface area contributed by atoms with Crippen molar-refractivity contribution in [3.63, 3.8) is 0 Å². The molecule has 2 atom stereocenters. The Hall–Kier alpha value is -4.62. The lowest BCUT2D eigenvalue weighted by molar-refractivity contribution is -0.138. The van der Waals surface area contributed by atoms with Crippen molar-refractivity contribution in [1.82, 2.24) is 15.0 Å². The third-order valence-corrected chi connectivity index (χ3v) is 8.46. The fourth-order valence-corrected chi connectivity index (χ4v) is 5.55. The molecule has 0 fully saturated rings. The van der Waals surface area contributed by atoms with Gasteiger partial charge in [0.15, 0.2) is 11.6 Å². The SMILES string of the molecule is CCC(C)C(=O)Oc1cccc(C(C)(CC#N)c2cnc(-c3cc(Oc4c(F)cc5[nH]ccc5c4SC)ccc3F)[nH]2)c1. The molecule has 2 N–H and O–H groups in total. The van der Waals surface area contributed by atoms with E-state index < -0.39 is 17.0 Å². The van der Waals surface area contributed by atoms with Gasteiger partial charge in [-0.1, -0.05) is 26.0 Å². The molecule has 0 saturated heterocycles. The molecule has 0 radical (unpaired) electrons. The molecular weight excluding hydrogens is 570 g/mol. The van der Waals surface area contributed by atoms with E-state index in [4.69, 9.17) is 9.47 Å². The van der Waals surface area contributed by atoms with Gasteiger partial charge in [0.05, 0.1) is 28.9 Å². The van der Waals surface area contributed by atoms with Gasteiger partial charge < -0.3 is 19.4 Å². The van der Waals surface area contributed by atoms with E-state index in [1.54, 1.807) is 37.5 Å². The molecule has 3 aromatic carbocycles. The Kier molecular flexibility index (Phi) is 8.55. The smallest absolute Gasteiger partial charge is 0.314 e. The van der Waals surface area contributed by atoms with Crippen molar-refractivity contribution < 1.29 is 23.0 Å². The molecule has 0 bridgehead atoms. The summed E-state index contributed by atoms with van der Waals surface area (Å²) in [5, 5.41) is 10.5. The first-order chi connectivity index (χ1) is 20.7. The molecule has 0 aliphatic heterocycles. The van der Waals surface area contributed by atoms with Crippen LogP contribution >= 0.6 is 11.8 Å². The van der Waals surface area contributed by atoms with Crippen molar-refractivity contribution in [3.05, 3.63) is 89.9 Å². The third-order valence-electron chi connectivity index (χ3n) is 7.64. The van der Waals surface area contributed by atoms with Crippen molar-refractivity contribution >= 4 is 28.6 Å². The predicted octanol–water partition coefficient (Wildman–Crippen LogP) is 8.52. The molecular formula is C33H30F2N4O3S. The monoisotopic (exact) mass is 600 g/mol. The van der Waals surface area contributed by atoms with Gasteiger partial charge in [-0.15, -0.1) is 11.8 Å². The first-order valence-electron chi connectivity index (χ1n) is 13.7. The highest BCUT2D eigenvalue weighted by atomic mass is 32.2. The molecule has 43 heavy (non-hydrogen) atoms. The number of rotatable bonds is 10. The topological polar surface area (TPSA) is 104 Å². The summed E-state index contributed by atoms with van der Waals surface area (Å²) < 4.78 is 41.7. The van der Waals surface area contributed by atoms with Crippen LogP contribution in [-0.2, 0) is 10.2 Å². The number of imidazole rings is 1. The highest BCUT2D eigenvalue weighted by molar-refractivity contribution is 7.99. The van der Waals surface area contributed by atoms with Gasteiger partial charge in [0.25, 0.3) is 0 Å². The number of nitriles is 1. The normalized spacial score (nSPS) is 13.3. The zero-order chi connectivity index (χ0) is 30.7. The Morgan fingerprint density at radius 2 is 1.95 bits per heavy atom. The maximum atomic E-state index is 15.1. The summed E-state index contributed by atoms with van der Waals surface area (Å²) in [7, 11) is 0. The number of carbonyl (C=O) groups excluding carboxylic acids is 1. The van der Waals surface area contributed by atoms with Gasteiger partial charge in [-0.2, -0.15) is 5.26 Å². The number of halogens is 2. The molecule has 2 heterocycles. The molecule has 0 aliphatic carbocycles. The van der Waals surface area contributed by atoms with Crippen molar-refractivity contribution in [1.29, 1.82) is 5.26 Å². The lowest BCUT2D eigenvalue weighted by atomic mass is 9.77. The fraction of sp³-hybridized carbons (Fsp3) is 0.242. The van der Waals surface area contributed by atoms with E-state index in [2.05, 4.69) is 21.0 Å². The minimum Gasteiger partial charge on any atom is -0.453 e. The first kappa shape index (κ1) is 29.9. The number of esters is 1. The summed E-state index contributed by atoms with van der Waals surface area (Å²) in [5.41, 5.74) is 1.17. The Bertz CT molecular complexity index is 1840. The van der Waals surface area contributed by atoms with E-state index in [-0.39, 0.29) is 41.2 Å². The minimum atomic E-state index is -0.883. The lowest BCUT2D eigenvalue weighted by Crippen LogP contribution is -2.24. The quantitative estimate of drug-likeness (QED) is 0.0946. The number of H-pyrrole nitrogens is 2. The van der Waals surface area contributed by atoms with Crippen molar-refractivity contribution in [2.24, 2.45) is 5.92 Å². The van der Waals surface area contributed by atoms with Crippen LogP contribution in [0.2, 0.25) is 0 Å². The van der Waals surface area contributed by atoms with Crippen LogP contribution in [-0.4, -0.2) is 27.2 Å². The number of ether oxygens (including phenoxy) is 2. The third kappa shape index (κ3) is 5.86. The second-order valence-electron chi connectivity index (χ2n) is 10.5. The maximum Gasteiger partial charge on any atom is 0.314 e. The zero-order valence-corrected chi connectivity index (χ0v) is 24.9. The minimum absolute atomic E-state index is 0.0489. The number of aromatic amines is 2. The number of thioether (sulfide) groups is 1. The Morgan fingerprint density at radius 3 is 2.70 bits per heavy atom. The molecule has 5 aromatic rings. The first-order valence-corrected chi connectivity index (χ1v) is 15.0. The van der Waals surface area contributed by atoms with Crippen LogP contribution in [0.4, 0.5) is 8.78 Å². The van der Waals surface area contributed by atoms with Crippen LogP contribution in [0, 0.1) is 28.9 Å². The van der Waals surface area contributed by atoms with Crippen LogP contribution in [0.15, 0.2) is 71.9 Å².